The summed E-state index contributed by atoms with van der Waals surface area (Å²) in [5.74, 6) is -1.15. The minimum Gasteiger partial charge on any atom is -0.366 e. The Morgan fingerprint density at radius 3 is 1.58 bits per heavy atom. The van der Waals surface area contributed by atoms with Gasteiger partial charge in [0.15, 0.2) is 5.79 Å². The van der Waals surface area contributed by atoms with E-state index in [0.717, 1.165) is 19.3 Å². The second kappa shape index (κ2) is 5.27. The Hall–Kier alpha value is -0.410. The quantitative estimate of drug-likeness (QED) is 0.543. The lowest BCUT2D eigenvalue weighted by Gasteiger charge is -2.25. The highest BCUT2D eigenvalue weighted by Gasteiger charge is 2.24. The summed E-state index contributed by atoms with van der Waals surface area (Å²) < 4.78 is 0. The molecule has 0 amide bonds. The molecule has 0 bridgehead atoms. The fourth-order valence-electron chi connectivity index (χ4n) is 1.12. The van der Waals surface area contributed by atoms with Crippen LogP contribution in [0, 0.1) is 0 Å². The summed E-state index contributed by atoms with van der Waals surface area (Å²) in [6, 6.07) is 0. The molecule has 1 aliphatic carbocycles. The molecule has 1 rings (SSSR count). The van der Waals surface area contributed by atoms with Crippen LogP contribution in [0.2, 0.25) is 0 Å². The van der Waals surface area contributed by atoms with Gasteiger partial charge in [0, 0.05) is 12.8 Å². The van der Waals surface area contributed by atoms with Crippen molar-refractivity contribution in [2.24, 2.45) is 0 Å². The number of hydrogen-bond acceptors (Lipinski definition) is 3. The molecule has 0 saturated heterocycles. The molecule has 0 atom stereocenters. The van der Waals surface area contributed by atoms with Crippen LogP contribution < -0.4 is 0 Å². The molecule has 72 valence electrons. The highest BCUT2D eigenvalue weighted by atomic mass is 16.5. The Morgan fingerprint density at radius 1 is 1.08 bits per heavy atom. The van der Waals surface area contributed by atoms with Gasteiger partial charge in [0.05, 0.1) is 0 Å². The summed E-state index contributed by atoms with van der Waals surface area (Å²) in [6.45, 7) is 3.06. The fourth-order valence-corrected chi connectivity index (χ4v) is 1.12. The first-order valence-corrected chi connectivity index (χ1v) is 4.36. The first-order chi connectivity index (χ1) is 5.44. The van der Waals surface area contributed by atoms with E-state index in [1.807, 2.05) is 0 Å². The van der Waals surface area contributed by atoms with Crippen LogP contribution >= 0.6 is 0 Å². The maximum Gasteiger partial charge on any atom is 0.162 e. The van der Waals surface area contributed by atoms with E-state index in [4.69, 9.17) is 10.2 Å². The second-order valence-electron chi connectivity index (χ2n) is 3.45. The van der Waals surface area contributed by atoms with Crippen molar-refractivity contribution >= 4 is 5.78 Å². The van der Waals surface area contributed by atoms with Crippen molar-refractivity contribution in [2.75, 3.05) is 0 Å². The van der Waals surface area contributed by atoms with E-state index in [-0.39, 0.29) is 5.78 Å². The summed E-state index contributed by atoms with van der Waals surface area (Å²) in [5, 5.41) is 17.9. The first-order valence-electron chi connectivity index (χ1n) is 4.36. The molecule has 0 aliphatic heterocycles. The van der Waals surface area contributed by atoms with Crippen LogP contribution in [0.25, 0.3) is 0 Å². The van der Waals surface area contributed by atoms with Gasteiger partial charge in [-0.2, -0.15) is 0 Å². The van der Waals surface area contributed by atoms with Gasteiger partial charge in [-0.15, -0.1) is 0 Å². The molecule has 0 aromatic rings. The second-order valence-corrected chi connectivity index (χ2v) is 3.45. The Morgan fingerprint density at radius 2 is 1.42 bits per heavy atom. The van der Waals surface area contributed by atoms with E-state index in [1.165, 1.54) is 13.8 Å². The van der Waals surface area contributed by atoms with Crippen molar-refractivity contribution < 1.29 is 15.0 Å². The third-order valence-corrected chi connectivity index (χ3v) is 1.65. The van der Waals surface area contributed by atoms with E-state index >= 15 is 0 Å². The number of hydrogen-bond donors (Lipinski definition) is 2. The third kappa shape index (κ3) is 7.69. The monoisotopic (exact) mass is 174 g/mol. The molecule has 0 spiro atoms. The zero-order chi connectivity index (χ0) is 9.61. The molecule has 0 aromatic heterocycles. The summed E-state index contributed by atoms with van der Waals surface area (Å²) >= 11 is 0. The van der Waals surface area contributed by atoms with Crippen LogP contribution in [0.4, 0.5) is 0 Å². The Labute approximate surface area is 73.4 Å². The number of Topliss-reactive ketones (excluding diaryl/α,β-unsaturated/α-hetero) is 1. The maximum absolute atomic E-state index is 9.44. The predicted octanol–water partition coefficient (Wildman–Crippen LogP) is 1.23. The van der Waals surface area contributed by atoms with Gasteiger partial charge in [0.2, 0.25) is 0 Å². The maximum atomic E-state index is 9.44. The smallest absolute Gasteiger partial charge is 0.162 e. The number of carbonyl (C=O) groups is 1. The van der Waals surface area contributed by atoms with Crippen LogP contribution in [0.15, 0.2) is 0 Å². The summed E-state index contributed by atoms with van der Waals surface area (Å²) in [5.41, 5.74) is 0. The molecular formula is C9H18O3. The van der Waals surface area contributed by atoms with Crippen LogP contribution in [-0.2, 0) is 4.79 Å². The SMILES string of the molecule is CC(C)=O.OC1(O)CCCCC1. The number of aliphatic hydroxyl groups is 2. The Bertz CT molecular complexity index is 129. The molecule has 0 unspecified atom stereocenters. The van der Waals surface area contributed by atoms with Crippen molar-refractivity contribution in [2.45, 2.75) is 51.7 Å². The minimum absolute atomic E-state index is 0.167. The minimum atomic E-state index is -1.32. The van der Waals surface area contributed by atoms with Crippen molar-refractivity contribution in [1.29, 1.82) is 0 Å². The lowest BCUT2D eigenvalue weighted by molar-refractivity contribution is -0.180. The Balaban J connectivity index is 0.000000261. The number of ketones is 1. The van der Waals surface area contributed by atoms with Crippen LogP contribution in [0.1, 0.15) is 46.0 Å². The van der Waals surface area contributed by atoms with Crippen molar-refractivity contribution in [3.05, 3.63) is 0 Å². The highest BCUT2D eigenvalue weighted by Crippen LogP contribution is 2.24. The van der Waals surface area contributed by atoms with Gasteiger partial charge in [-0.1, -0.05) is 6.42 Å². The van der Waals surface area contributed by atoms with Crippen molar-refractivity contribution in [1.82, 2.24) is 0 Å². The molecule has 1 aliphatic rings. The van der Waals surface area contributed by atoms with Crippen LogP contribution in [0.3, 0.4) is 0 Å². The van der Waals surface area contributed by atoms with Gasteiger partial charge in [-0.25, -0.2) is 0 Å². The average molecular weight is 174 g/mol. The van der Waals surface area contributed by atoms with E-state index in [2.05, 4.69) is 0 Å². The molecule has 3 nitrogen and oxygen atoms in total. The standard InChI is InChI=1S/C6H12O2.C3H6O/c7-6(8)4-2-1-3-5-6;1-3(2)4/h7-8H,1-5H2;1-2H3. The number of carbonyl (C=O) groups excluding carboxylic acids is 1. The topological polar surface area (TPSA) is 57.5 Å². The molecule has 1 fully saturated rings. The van der Waals surface area contributed by atoms with Gasteiger partial charge < -0.3 is 15.0 Å². The van der Waals surface area contributed by atoms with Gasteiger partial charge in [-0.3, -0.25) is 0 Å². The van der Waals surface area contributed by atoms with Gasteiger partial charge in [0.25, 0.3) is 0 Å². The summed E-state index contributed by atoms with van der Waals surface area (Å²) in [6.07, 6.45) is 4.21. The van der Waals surface area contributed by atoms with Crippen LogP contribution in [-0.4, -0.2) is 21.8 Å². The largest absolute Gasteiger partial charge is 0.366 e. The molecule has 12 heavy (non-hydrogen) atoms. The molecule has 2 N–H and O–H groups in total. The van der Waals surface area contributed by atoms with Crippen LogP contribution in [0.5, 0.6) is 0 Å². The summed E-state index contributed by atoms with van der Waals surface area (Å²) in [4.78, 5) is 9.44. The molecule has 0 aromatic carbocycles. The average Bonchev–Trinajstić information content (AvgIpc) is 1.85. The van der Waals surface area contributed by atoms with Gasteiger partial charge >= 0.3 is 0 Å². The van der Waals surface area contributed by atoms with Crippen molar-refractivity contribution in [3.63, 3.8) is 0 Å². The predicted molar refractivity (Wildman–Crippen MR) is 46.6 cm³/mol. The fraction of sp³-hybridized carbons (Fsp3) is 0.889. The summed E-state index contributed by atoms with van der Waals surface area (Å²) in [7, 11) is 0. The highest BCUT2D eigenvalue weighted by molar-refractivity contribution is 5.72. The Kier molecular flexibility index (Phi) is 5.09. The molecule has 0 heterocycles. The zero-order valence-corrected chi connectivity index (χ0v) is 7.84. The van der Waals surface area contributed by atoms with E-state index < -0.39 is 5.79 Å². The van der Waals surface area contributed by atoms with E-state index in [0.29, 0.717) is 12.8 Å². The van der Waals surface area contributed by atoms with E-state index in [1.54, 1.807) is 0 Å². The van der Waals surface area contributed by atoms with Crippen molar-refractivity contribution in [3.8, 4) is 0 Å². The zero-order valence-electron chi connectivity index (χ0n) is 7.84. The molecule has 1 saturated carbocycles. The third-order valence-electron chi connectivity index (χ3n) is 1.65. The normalized spacial score (nSPS) is 20.7. The lowest BCUT2D eigenvalue weighted by atomic mass is 9.95. The molecule has 3 heteroatoms. The van der Waals surface area contributed by atoms with E-state index in [9.17, 15) is 4.79 Å². The number of rotatable bonds is 0. The first kappa shape index (κ1) is 11.6. The molecular weight excluding hydrogens is 156 g/mol. The van der Waals surface area contributed by atoms with Gasteiger partial charge in [0.1, 0.15) is 5.78 Å². The lowest BCUT2D eigenvalue weighted by Crippen LogP contribution is -2.30. The molecule has 0 radical (unpaired) electrons. The van der Waals surface area contributed by atoms with Gasteiger partial charge in [-0.05, 0) is 26.7 Å².